The Hall–Kier alpha value is -2.49. The summed E-state index contributed by atoms with van der Waals surface area (Å²) in [4.78, 5) is 27.2. The molecule has 156 valence electrons. The lowest BCUT2D eigenvalue weighted by molar-refractivity contribution is 0.00919. The number of aliphatic hydroxyl groups excluding tert-OH is 2. The molecular weight excluding hydrogens is 381 g/mol. The fourth-order valence-electron chi connectivity index (χ4n) is 3.61. The molecule has 1 unspecified atom stereocenters. The van der Waals surface area contributed by atoms with Crippen molar-refractivity contribution in [2.24, 2.45) is 0 Å². The van der Waals surface area contributed by atoms with Crippen molar-refractivity contribution >= 4 is 22.6 Å². The molecule has 0 bridgehead atoms. The fraction of sp³-hybridized carbons (Fsp3) is 0.500. The zero-order valence-corrected chi connectivity index (χ0v) is 15.9. The second kappa shape index (κ2) is 8.10. The van der Waals surface area contributed by atoms with E-state index in [9.17, 15) is 19.1 Å². The van der Waals surface area contributed by atoms with Crippen LogP contribution in [0.15, 0.2) is 23.1 Å². The zero-order chi connectivity index (χ0) is 20.5. The number of anilines is 1. The fourth-order valence-corrected chi connectivity index (χ4v) is 3.61. The van der Waals surface area contributed by atoms with Gasteiger partial charge in [0, 0.05) is 43.8 Å². The third kappa shape index (κ3) is 3.98. The van der Waals surface area contributed by atoms with Gasteiger partial charge in [0.05, 0.1) is 17.8 Å². The highest BCUT2D eigenvalue weighted by Gasteiger charge is 2.28. The number of rotatable bonds is 6. The molecule has 1 aromatic carbocycles. The van der Waals surface area contributed by atoms with Gasteiger partial charge >= 0.3 is 5.97 Å². The molecule has 8 nitrogen and oxygen atoms in total. The van der Waals surface area contributed by atoms with Gasteiger partial charge in [-0.2, -0.15) is 0 Å². The van der Waals surface area contributed by atoms with Crippen molar-refractivity contribution in [2.45, 2.75) is 25.0 Å². The quantitative estimate of drug-likeness (QED) is 0.598. The highest BCUT2D eigenvalue weighted by atomic mass is 19.1. The minimum atomic E-state index is -1.22. The minimum Gasteiger partial charge on any atom is -0.459 e. The first kappa shape index (κ1) is 19.8. The summed E-state index contributed by atoms with van der Waals surface area (Å²) >= 11 is 0. The number of nitrogens with zero attached hydrogens (tertiary/aromatic N) is 2. The van der Waals surface area contributed by atoms with Crippen LogP contribution in [0, 0.1) is 5.82 Å². The van der Waals surface area contributed by atoms with Crippen LogP contribution < -0.4 is 15.6 Å². The molecule has 1 aliphatic carbocycles. The van der Waals surface area contributed by atoms with E-state index in [1.54, 1.807) is 6.07 Å². The molecule has 2 aliphatic rings. The third-order valence-corrected chi connectivity index (χ3v) is 5.34. The van der Waals surface area contributed by atoms with Crippen molar-refractivity contribution in [2.75, 3.05) is 44.3 Å². The number of pyridine rings is 1. The summed E-state index contributed by atoms with van der Waals surface area (Å²) in [5, 5.41) is 21.6. The number of piperazine rings is 1. The largest absolute Gasteiger partial charge is 0.459 e. The molecule has 9 heteroatoms. The number of esters is 1. The number of fused-ring (bicyclic) bond motifs is 1. The Morgan fingerprint density at radius 2 is 2.03 bits per heavy atom. The molecule has 2 aromatic rings. The number of carbonyl (C=O) groups is 1. The molecule has 3 N–H and O–H groups in total. The van der Waals surface area contributed by atoms with Crippen molar-refractivity contribution < 1.29 is 24.1 Å². The highest BCUT2D eigenvalue weighted by molar-refractivity contribution is 5.94. The minimum absolute atomic E-state index is 0.130. The van der Waals surface area contributed by atoms with Crippen LogP contribution in [0.2, 0.25) is 0 Å². The van der Waals surface area contributed by atoms with Gasteiger partial charge in [-0.3, -0.25) is 4.79 Å². The molecule has 0 amide bonds. The molecule has 29 heavy (non-hydrogen) atoms. The average molecular weight is 405 g/mol. The summed E-state index contributed by atoms with van der Waals surface area (Å²) in [7, 11) is 0. The van der Waals surface area contributed by atoms with Gasteiger partial charge in [-0.25, -0.2) is 9.18 Å². The van der Waals surface area contributed by atoms with Gasteiger partial charge in [0.2, 0.25) is 5.43 Å². The molecule has 4 rings (SSSR count). The smallest absolute Gasteiger partial charge is 0.343 e. The predicted octanol–water partition coefficient (Wildman–Crippen LogP) is 0.395. The standard InChI is InChI=1S/C20H24FN3O5/c21-16-7-14-17(8-18(16)23-5-3-22-4-6-23)24(12-1-2-12)9-15(19(14)27)20(28)29-11-13(26)10-25/h7-9,12-13,22,25-26H,1-6,10-11H2. The molecule has 0 radical (unpaired) electrons. The lowest BCUT2D eigenvalue weighted by Gasteiger charge is -2.30. The summed E-state index contributed by atoms with van der Waals surface area (Å²) < 4.78 is 21.7. The van der Waals surface area contributed by atoms with Crippen LogP contribution in [0.3, 0.4) is 0 Å². The van der Waals surface area contributed by atoms with E-state index >= 15 is 0 Å². The first-order valence-corrected chi connectivity index (χ1v) is 9.79. The molecule has 2 fully saturated rings. The van der Waals surface area contributed by atoms with Gasteiger partial charge in [0.25, 0.3) is 0 Å². The molecule has 2 heterocycles. The summed E-state index contributed by atoms with van der Waals surface area (Å²) in [6, 6.07) is 3.04. The summed E-state index contributed by atoms with van der Waals surface area (Å²) in [5.41, 5.74) is 0.239. The number of aromatic nitrogens is 1. The van der Waals surface area contributed by atoms with Crippen molar-refractivity contribution in [3.63, 3.8) is 0 Å². The maximum Gasteiger partial charge on any atom is 0.343 e. The maximum absolute atomic E-state index is 14.9. The average Bonchev–Trinajstić information content (AvgIpc) is 3.58. The SMILES string of the molecule is O=C(OCC(O)CO)c1cn(C2CC2)c2cc(N3CCNCC3)c(F)cc2c1=O. The van der Waals surface area contributed by atoms with Crippen LogP contribution in [0.4, 0.5) is 10.1 Å². The van der Waals surface area contributed by atoms with Crippen molar-refractivity contribution in [1.82, 2.24) is 9.88 Å². The number of carbonyl (C=O) groups excluding carboxylic acids is 1. The van der Waals surface area contributed by atoms with Crippen LogP contribution >= 0.6 is 0 Å². The zero-order valence-electron chi connectivity index (χ0n) is 15.9. The van der Waals surface area contributed by atoms with E-state index in [2.05, 4.69) is 5.32 Å². The van der Waals surface area contributed by atoms with Crippen LogP contribution in [0.1, 0.15) is 29.2 Å². The number of hydrogen-bond acceptors (Lipinski definition) is 7. The number of ether oxygens (including phenoxy) is 1. The number of nitrogens with one attached hydrogen (secondary N) is 1. The molecule has 0 spiro atoms. The topological polar surface area (TPSA) is 104 Å². The Labute approximate surface area is 166 Å². The van der Waals surface area contributed by atoms with Gasteiger partial charge in [-0.1, -0.05) is 0 Å². The van der Waals surface area contributed by atoms with E-state index < -0.39 is 36.5 Å². The number of hydrogen-bond donors (Lipinski definition) is 3. The lowest BCUT2D eigenvalue weighted by atomic mass is 10.1. The monoisotopic (exact) mass is 405 g/mol. The van der Waals surface area contributed by atoms with Gasteiger partial charge in [0.1, 0.15) is 24.1 Å². The summed E-state index contributed by atoms with van der Waals surface area (Å²) in [6.45, 7) is 1.89. The maximum atomic E-state index is 14.9. The normalized spacial score (nSPS) is 18.1. The predicted molar refractivity (Wildman–Crippen MR) is 105 cm³/mol. The van der Waals surface area contributed by atoms with E-state index in [0.717, 1.165) is 25.9 Å². The van der Waals surface area contributed by atoms with E-state index in [1.165, 1.54) is 12.3 Å². The molecule has 1 saturated carbocycles. The molecule has 1 aromatic heterocycles. The van der Waals surface area contributed by atoms with Crippen LogP contribution in [-0.4, -0.2) is 66.2 Å². The van der Waals surface area contributed by atoms with Gasteiger partial charge < -0.3 is 29.7 Å². The first-order chi connectivity index (χ1) is 14.0. The van der Waals surface area contributed by atoms with Crippen LogP contribution in [0.5, 0.6) is 0 Å². The van der Waals surface area contributed by atoms with E-state index in [4.69, 9.17) is 9.84 Å². The van der Waals surface area contributed by atoms with Crippen LogP contribution in [0.25, 0.3) is 10.9 Å². The summed E-state index contributed by atoms with van der Waals surface area (Å²) in [6.07, 6.45) is 2.07. The Morgan fingerprint density at radius 1 is 1.31 bits per heavy atom. The Balaban J connectivity index is 1.77. The Kier molecular flexibility index (Phi) is 5.53. The summed E-state index contributed by atoms with van der Waals surface area (Å²) in [5.74, 6) is -1.40. The number of halogens is 1. The number of aliphatic hydroxyl groups is 2. The molecule has 1 saturated heterocycles. The number of benzene rings is 1. The van der Waals surface area contributed by atoms with Gasteiger partial charge in [-0.05, 0) is 25.0 Å². The molecule has 1 atom stereocenters. The Morgan fingerprint density at radius 3 is 2.69 bits per heavy atom. The van der Waals surface area contributed by atoms with E-state index in [0.29, 0.717) is 24.3 Å². The molecular formula is C20H24FN3O5. The third-order valence-electron chi connectivity index (χ3n) is 5.34. The second-order valence-corrected chi connectivity index (χ2v) is 7.50. The van der Waals surface area contributed by atoms with Crippen molar-refractivity contribution in [3.05, 3.63) is 39.9 Å². The highest BCUT2D eigenvalue weighted by Crippen LogP contribution is 2.38. The van der Waals surface area contributed by atoms with E-state index in [1.807, 2.05) is 9.47 Å². The van der Waals surface area contributed by atoms with Crippen LogP contribution in [-0.2, 0) is 4.74 Å². The molecule has 1 aliphatic heterocycles. The van der Waals surface area contributed by atoms with Gasteiger partial charge in [-0.15, -0.1) is 0 Å². The lowest BCUT2D eigenvalue weighted by Crippen LogP contribution is -2.43. The van der Waals surface area contributed by atoms with E-state index in [-0.39, 0.29) is 17.0 Å². The van der Waals surface area contributed by atoms with Gasteiger partial charge in [0.15, 0.2) is 0 Å². The second-order valence-electron chi connectivity index (χ2n) is 7.50. The first-order valence-electron chi connectivity index (χ1n) is 9.79. The van der Waals surface area contributed by atoms with Crippen molar-refractivity contribution in [1.29, 1.82) is 0 Å². The Bertz CT molecular complexity index is 982. The van der Waals surface area contributed by atoms with Crippen molar-refractivity contribution in [3.8, 4) is 0 Å².